The first-order valence-corrected chi connectivity index (χ1v) is 4.70. The highest BCUT2D eigenvalue weighted by Gasteiger charge is 2.03. The van der Waals surface area contributed by atoms with Gasteiger partial charge in [-0.15, -0.1) is 0 Å². The number of aromatic nitrogens is 2. The fourth-order valence-corrected chi connectivity index (χ4v) is 1.33. The Labute approximate surface area is 88.2 Å². The number of aromatic amines is 1. The van der Waals surface area contributed by atoms with Crippen LogP contribution in [0.3, 0.4) is 0 Å². The predicted octanol–water partition coefficient (Wildman–Crippen LogP) is 1.97. The lowest BCUT2D eigenvalue weighted by molar-refractivity contribution is 0.277. The molecule has 0 aromatic carbocycles. The zero-order chi connectivity index (χ0) is 10.7. The van der Waals surface area contributed by atoms with Crippen LogP contribution in [0, 0.1) is 0 Å². The molecule has 1 aromatic rings. The maximum absolute atomic E-state index is 8.91. The first-order valence-electron chi connectivity index (χ1n) is 4.70. The van der Waals surface area contributed by atoms with Crippen LogP contribution in [0.5, 0.6) is 0 Å². The van der Waals surface area contributed by atoms with Crippen molar-refractivity contribution in [1.29, 1.82) is 0 Å². The molecule has 0 fully saturated rings. The summed E-state index contributed by atoms with van der Waals surface area (Å²) in [5.41, 5.74) is 2.64. The van der Waals surface area contributed by atoms with Gasteiger partial charge in [-0.3, -0.25) is 0 Å². The van der Waals surface area contributed by atoms with Crippen LogP contribution in [-0.2, 0) is 6.61 Å². The van der Waals surface area contributed by atoms with E-state index in [1.807, 2.05) is 30.4 Å². The summed E-state index contributed by atoms with van der Waals surface area (Å²) < 4.78 is 0. The van der Waals surface area contributed by atoms with E-state index in [-0.39, 0.29) is 6.61 Å². The number of allylic oxidation sites excluding steroid dienone is 7. The van der Waals surface area contributed by atoms with Crippen LogP contribution < -0.4 is 0 Å². The van der Waals surface area contributed by atoms with E-state index in [2.05, 4.69) is 16.5 Å². The van der Waals surface area contributed by atoms with E-state index >= 15 is 0 Å². The van der Waals surface area contributed by atoms with E-state index in [1.165, 1.54) is 0 Å². The lowest BCUT2D eigenvalue weighted by Crippen LogP contribution is -1.85. The predicted molar refractivity (Wildman–Crippen MR) is 59.9 cm³/mol. The molecule has 0 unspecified atom stereocenters. The van der Waals surface area contributed by atoms with Crippen LogP contribution in [0.2, 0.25) is 0 Å². The topological polar surface area (TPSA) is 48.9 Å². The lowest BCUT2D eigenvalue weighted by Gasteiger charge is -1.94. The molecule has 3 heteroatoms. The number of hydrogen-bond donors (Lipinski definition) is 2. The summed E-state index contributed by atoms with van der Waals surface area (Å²) in [5.74, 6) is 0.759. The van der Waals surface area contributed by atoms with Gasteiger partial charge >= 0.3 is 0 Å². The Hall–Kier alpha value is -1.87. The van der Waals surface area contributed by atoms with Crippen molar-refractivity contribution in [2.45, 2.75) is 6.61 Å². The Bertz CT molecular complexity index is 464. The molecule has 1 heterocycles. The molecule has 15 heavy (non-hydrogen) atoms. The van der Waals surface area contributed by atoms with E-state index in [0.717, 1.165) is 17.0 Å². The highest BCUT2D eigenvalue weighted by atomic mass is 16.3. The molecule has 1 aromatic heterocycles. The van der Waals surface area contributed by atoms with E-state index < -0.39 is 0 Å². The average molecular weight is 200 g/mol. The highest BCUT2D eigenvalue weighted by Crippen LogP contribution is 2.16. The second kappa shape index (κ2) is 4.11. The lowest BCUT2D eigenvalue weighted by atomic mass is 10.2. The van der Waals surface area contributed by atoms with E-state index in [9.17, 15) is 0 Å². The van der Waals surface area contributed by atoms with Gasteiger partial charge in [0.05, 0.1) is 18.5 Å². The molecular weight excluding hydrogens is 188 g/mol. The molecule has 2 N–H and O–H groups in total. The minimum Gasteiger partial charge on any atom is -0.390 e. The largest absolute Gasteiger partial charge is 0.390 e. The molecule has 0 amide bonds. The summed E-state index contributed by atoms with van der Waals surface area (Å²) in [6.45, 7) is 3.82. The van der Waals surface area contributed by atoms with Crippen LogP contribution >= 0.6 is 0 Å². The van der Waals surface area contributed by atoms with Crippen LogP contribution in [0.25, 0.3) is 5.57 Å². The SMILES string of the molecule is C=C1C=CC=C(c2ncc(CO)[nH]2)C=C1. The summed E-state index contributed by atoms with van der Waals surface area (Å²) in [6, 6.07) is 0. The first kappa shape index (κ1) is 9.68. The quantitative estimate of drug-likeness (QED) is 0.766. The number of rotatable bonds is 2. The number of hydrogen-bond acceptors (Lipinski definition) is 2. The fourth-order valence-electron chi connectivity index (χ4n) is 1.33. The van der Waals surface area contributed by atoms with Crippen molar-refractivity contribution in [3.05, 3.63) is 60.2 Å². The second-order valence-corrected chi connectivity index (χ2v) is 3.30. The zero-order valence-corrected chi connectivity index (χ0v) is 8.27. The van der Waals surface area contributed by atoms with E-state index in [0.29, 0.717) is 5.69 Å². The molecule has 1 aliphatic rings. The molecule has 2 rings (SSSR count). The van der Waals surface area contributed by atoms with Crippen molar-refractivity contribution in [1.82, 2.24) is 9.97 Å². The summed E-state index contributed by atoms with van der Waals surface area (Å²) in [7, 11) is 0. The van der Waals surface area contributed by atoms with Crippen molar-refractivity contribution in [3.63, 3.8) is 0 Å². The number of aliphatic hydroxyl groups excluding tert-OH is 1. The standard InChI is InChI=1S/C12H12N2O/c1-9-3-2-4-10(6-5-9)12-13-7-11(8-15)14-12/h2-7,15H,1,8H2,(H,13,14). The third kappa shape index (κ3) is 2.14. The summed E-state index contributed by atoms with van der Waals surface area (Å²) >= 11 is 0. The summed E-state index contributed by atoms with van der Waals surface area (Å²) in [4.78, 5) is 7.21. The van der Waals surface area contributed by atoms with Gasteiger partial charge in [0, 0.05) is 5.57 Å². The van der Waals surface area contributed by atoms with Gasteiger partial charge in [0.1, 0.15) is 5.82 Å². The minimum absolute atomic E-state index is 0.0213. The molecule has 0 radical (unpaired) electrons. The van der Waals surface area contributed by atoms with Gasteiger partial charge in [-0.05, 0) is 5.57 Å². The third-order valence-electron chi connectivity index (χ3n) is 2.14. The van der Waals surface area contributed by atoms with Crippen molar-refractivity contribution < 1.29 is 5.11 Å². The van der Waals surface area contributed by atoms with Crippen LogP contribution in [-0.4, -0.2) is 15.1 Å². The zero-order valence-electron chi connectivity index (χ0n) is 8.27. The molecule has 1 aliphatic carbocycles. The monoisotopic (exact) mass is 200 g/mol. The third-order valence-corrected chi connectivity index (χ3v) is 2.14. The maximum atomic E-state index is 8.91. The molecule has 0 spiro atoms. The molecule has 0 aliphatic heterocycles. The normalized spacial score (nSPS) is 15.3. The summed E-state index contributed by atoms with van der Waals surface area (Å²) in [6.07, 6.45) is 11.3. The van der Waals surface area contributed by atoms with Crippen LogP contribution in [0.15, 0.2) is 48.7 Å². The number of nitrogens with one attached hydrogen (secondary N) is 1. The Morgan fingerprint density at radius 3 is 2.93 bits per heavy atom. The number of H-pyrrole nitrogens is 1. The van der Waals surface area contributed by atoms with Gasteiger partial charge in [-0.2, -0.15) is 0 Å². The summed E-state index contributed by atoms with van der Waals surface area (Å²) in [5, 5.41) is 8.91. The number of aliphatic hydroxyl groups is 1. The molecule has 0 atom stereocenters. The van der Waals surface area contributed by atoms with E-state index in [1.54, 1.807) is 6.20 Å². The van der Waals surface area contributed by atoms with Crippen LogP contribution in [0.1, 0.15) is 11.5 Å². The smallest absolute Gasteiger partial charge is 0.137 e. The van der Waals surface area contributed by atoms with Crippen molar-refractivity contribution >= 4 is 5.57 Å². The van der Waals surface area contributed by atoms with Gasteiger partial charge in [-0.25, -0.2) is 4.98 Å². The van der Waals surface area contributed by atoms with E-state index in [4.69, 9.17) is 5.11 Å². The minimum atomic E-state index is -0.0213. The molecule has 3 nitrogen and oxygen atoms in total. The van der Waals surface area contributed by atoms with Gasteiger partial charge in [-0.1, -0.05) is 37.0 Å². The Morgan fingerprint density at radius 2 is 2.20 bits per heavy atom. The van der Waals surface area contributed by atoms with Crippen molar-refractivity contribution in [2.75, 3.05) is 0 Å². The highest BCUT2D eigenvalue weighted by molar-refractivity contribution is 5.73. The van der Waals surface area contributed by atoms with Crippen molar-refractivity contribution in [3.8, 4) is 0 Å². The Morgan fingerprint density at radius 1 is 1.33 bits per heavy atom. The number of nitrogens with zero attached hydrogens (tertiary/aromatic N) is 1. The van der Waals surface area contributed by atoms with Gasteiger partial charge in [0.2, 0.25) is 0 Å². The molecule has 76 valence electrons. The van der Waals surface area contributed by atoms with Crippen LogP contribution in [0.4, 0.5) is 0 Å². The second-order valence-electron chi connectivity index (χ2n) is 3.30. The molecule has 0 bridgehead atoms. The molecule has 0 saturated heterocycles. The van der Waals surface area contributed by atoms with Gasteiger partial charge in [0.25, 0.3) is 0 Å². The van der Waals surface area contributed by atoms with Gasteiger partial charge < -0.3 is 10.1 Å². The first-order chi connectivity index (χ1) is 7.29. The Balaban J connectivity index is 2.31. The molecule has 0 saturated carbocycles. The number of imidazole rings is 1. The Kier molecular flexibility index (Phi) is 2.65. The van der Waals surface area contributed by atoms with Gasteiger partial charge in [0.15, 0.2) is 0 Å². The van der Waals surface area contributed by atoms with Crippen molar-refractivity contribution in [2.24, 2.45) is 0 Å². The maximum Gasteiger partial charge on any atom is 0.137 e. The fraction of sp³-hybridized carbons (Fsp3) is 0.0833. The average Bonchev–Trinajstić information content (AvgIpc) is 2.62. The molecular formula is C12H12N2O.